The zero-order chi connectivity index (χ0) is 16.7. The number of nitriles is 1. The molecule has 5 nitrogen and oxygen atoms in total. The minimum Gasteiger partial charge on any atom is -0.370 e. The van der Waals surface area contributed by atoms with Crippen LogP contribution in [0.2, 0.25) is 10.0 Å². The van der Waals surface area contributed by atoms with Crippen LogP contribution in [0.3, 0.4) is 0 Å². The average molecular weight is 355 g/mol. The zero-order valence-corrected chi connectivity index (χ0v) is 14.1. The SMILES string of the molecule is N#C/C(=C/c1ccc(Cl)c(Cl)c1)C(=O)NCC[NH+]1CCOCC1. The van der Waals surface area contributed by atoms with Gasteiger partial charge in [0.05, 0.1) is 36.3 Å². The van der Waals surface area contributed by atoms with E-state index in [1.54, 1.807) is 18.2 Å². The van der Waals surface area contributed by atoms with Gasteiger partial charge in [0.25, 0.3) is 5.91 Å². The molecule has 0 radical (unpaired) electrons. The quantitative estimate of drug-likeness (QED) is 0.610. The molecule has 7 heteroatoms. The first-order chi connectivity index (χ1) is 11.1. The Morgan fingerprint density at radius 1 is 1.35 bits per heavy atom. The highest BCUT2D eigenvalue weighted by Crippen LogP contribution is 2.23. The van der Waals surface area contributed by atoms with Crippen LogP contribution in [0.1, 0.15) is 5.56 Å². The number of ether oxygens (including phenoxy) is 1. The number of rotatable bonds is 5. The van der Waals surface area contributed by atoms with Crippen LogP contribution in [-0.4, -0.2) is 45.3 Å². The molecule has 23 heavy (non-hydrogen) atoms. The molecule has 122 valence electrons. The standard InChI is InChI=1S/C16H17Cl2N3O2/c17-14-2-1-12(10-15(14)18)9-13(11-19)16(22)20-3-4-21-5-7-23-8-6-21/h1-2,9-10H,3-8H2,(H,20,22)/p+1/b13-9-. The van der Waals surface area contributed by atoms with E-state index in [4.69, 9.17) is 33.2 Å². The number of carbonyl (C=O) groups excluding carboxylic acids is 1. The van der Waals surface area contributed by atoms with Crippen molar-refractivity contribution in [2.45, 2.75) is 0 Å². The summed E-state index contributed by atoms with van der Waals surface area (Å²) in [6.07, 6.45) is 1.50. The number of hydrogen-bond acceptors (Lipinski definition) is 3. The molecule has 2 rings (SSSR count). The van der Waals surface area contributed by atoms with Crippen LogP contribution in [0.4, 0.5) is 0 Å². The fourth-order valence-electron chi connectivity index (χ4n) is 2.28. The molecule has 2 N–H and O–H groups in total. The first kappa shape index (κ1) is 17.8. The van der Waals surface area contributed by atoms with E-state index in [-0.39, 0.29) is 11.5 Å². The third-order valence-corrected chi connectivity index (χ3v) is 4.32. The fourth-order valence-corrected chi connectivity index (χ4v) is 2.58. The molecular weight excluding hydrogens is 337 g/mol. The number of carbonyl (C=O) groups is 1. The van der Waals surface area contributed by atoms with Gasteiger partial charge in [0, 0.05) is 0 Å². The second-order valence-electron chi connectivity index (χ2n) is 5.21. The normalized spacial score (nSPS) is 16.0. The maximum Gasteiger partial charge on any atom is 0.262 e. The van der Waals surface area contributed by atoms with Crippen molar-refractivity contribution >= 4 is 35.2 Å². The lowest BCUT2D eigenvalue weighted by atomic mass is 10.1. The van der Waals surface area contributed by atoms with Crippen molar-refractivity contribution in [1.29, 1.82) is 5.26 Å². The summed E-state index contributed by atoms with van der Waals surface area (Å²) in [5.41, 5.74) is 0.699. The lowest BCUT2D eigenvalue weighted by molar-refractivity contribution is -0.906. The first-order valence-corrected chi connectivity index (χ1v) is 8.12. The Hall–Kier alpha value is -1.58. The van der Waals surface area contributed by atoms with Gasteiger partial charge in [-0.1, -0.05) is 29.3 Å². The van der Waals surface area contributed by atoms with Gasteiger partial charge in [-0.25, -0.2) is 0 Å². The highest BCUT2D eigenvalue weighted by atomic mass is 35.5. The molecule has 1 fully saturated rings. The molecule has 1 aliphatic rings. The minimum absolute atomic E-state index is 0.0420. The number of halogens is 2. The summed E-state index contributed by atoms with van der Waals surface area (Å²) >= 11 is 11.8. The molecule has 1 saturated heterocycles. The van der Waals surface area contributed by atoms with E-state index in [1.807, 2.05) is 6.07 Å². The summed E-state index contributed by atoms with van der Waals surface area (Å²) in [6.45, 7) is 4.74. The molecule has 0 saturated carbocycles. The van der Waals surface area contributed by atoms with Crippen LogP contribution in [0.5, 0.6) is 0 Å². The molecule has 0 bridgehead atoms. The van der Waals surface area contributed by atoms with Crippen molar-refractivity contribution in [1.82, 2.24) is 5.32 Å². The minimum atomic E-state index is -0.383. The van der Waals surface area contributed by atoms with Crippen molar-refractivity contribution < 1.29 is 14.4 Å². The van der Waals surface area contributed by atoms with Gasteiger partial charge in [-0.2, -0.15) is 5.26 Å². The van der Waals surface area contributed by atoms with Gasteiger partial charge < -0.3 is 15.0 Å². The van der Waals surface area contributed by atoms with Gasteiger partial charge in [-0.15, -0.1) is 0 Å². The lowest BCUT2D eigenvalue weighted by Crippen LogP contribution is -3.14. The number of benzene rings is 1. The number of nitrogens with zero attached hydrogens (tertiary/aromatic N) is 1. The van der Waals surface area contributed by atoms with Crippen molar-refractivity contribution in [3.05, 3.63) is 39.4 Å². The Bertz CT molecular complexity index is 635. The summed E-state index contributed by atoms with van der Waals surface area (Å²) in [5, 5.41) is 12.8. The van der Waals surface area contributed by atoms with Gasteiger partial charge in [0.1, 0.15) is 24.7 Å². The van der Waals surface area contributed by atoms with E-state index < -0.39 is 0 Å². The molecule has 0 spiro atoms. The molecular formula is C16H18Cl2N3O2+. The van der Waals surface area contributed by atoms with Gasteiger partial charge in [0.2, 0.25) is 0 Å². The number of hydrogen-bond donors (Lipinski definition) is 2. The molecule has 1 aromatic rings. The van der Waals surface area contributed by atoms with E-state index in [0.29, 0.717) is 22.2 Å². The molecule has 1 heterocycles. The Kier molecular flexibility index (Phi) is 6.87. The zero-order valence-electron chi connectivity index (χ0n) is 12.6. The predicted molar refractivity (Wildman–Crippen MR) is 89.4 cm³/mol. The van der Waals surface area contributed by atoms with Crippen molar-refractivity contribution in [2.75, 3.05) is 39.4 Å². The smallest absolute Gasteiger partial charge is 0.262 e. The van der Waals surface area contributed by atoms with Gasteiger partial charge in [-0.3, -0.25) is 4.79 Å². The molecule has 1 amide bonds. The third kappa shape index (κ3) is 5.52. The van der Waals surface area contributed by atoms with Gasteiger partial charge in [0.15, 0.2) is 0 Å². The van der Waals surface area contributed by atoms with Crippen LogP contribution >= 0.6 is 23.2 Å². The summed E-state index contributed by atoms with van der Waals surface area (Å²) in [6, 6.07) is 6.87. The maximum atomic E-state index is 12.1. The highest BCUT2D eigenvalue weighted by molar-refractivity contribution is 6.42. The van der Waals surface area contributed by atoms with Gasteiger partial charge in [-0.05, 0) is 23.8 Å². The summed E-state index contributed by atoms with van der Waals surface area (Å²) in [4.78, 5) is 13.5. The predicted octanol–water partition coefficient (Wildman–Crippen LogP) is 0.932. The number of nitrogens with one attached hydrogen (secondary N) is 2. The average Bonchev–Trinajstić information content (AvgIpc) is 2.56. The van der Waals surface area contributed by atoms with Crippen molar-refractivity contribution in [3.63, 3.8) is 0 Å². The monoisotopic (exact) mass is 354 g/mol. The van der Waals surface area contributed by atoms with E-state index in [1.165, 1.54) is 11.0 Å². The molecule has 1 aromatic carbocycles. The van der Waals surface area contributed by atoms with E-state index >= 15 is 0 Å². The van der Waals surface area contributed by atoms with E-state index in [2.05, 4.69) is 5.32 Å². The Morgan fingerprint density at radius 3 is 2.74 bits per heavy atom. The van der Waals surface area contributed by atoms with Crippen LogP contribution in [0, 0.1) is 11.3 Å². The number of quaternary nitrogens is 1. The number of amides is 1. The number of morpholine rings is 1. The largest absolute Gasteiger partial charge is 0.370 e. The molecule has 0 atom stereocenters. The third-order valence-electron chi connectivity index (χ3n) is 3.58. The maximum absolute atomic E-state index is 12.1. The molecule has 0 aromatic heterocycles. The van der Waals surface area contributed by atoms with Crippen molar-refractivity contribution in [3.8, 4) is 6.07 Å². The molecule has 0 aliphatic carbocycles. The van der Waals surface area contributed by atoms with E-state index in [0.717, 1.165) is 32.8 Å². The highest BCUT2D eigenvalue weighted by Gasteiger charge is 2.14. The Morgan fingerprint density at radius 2 is 2.09 bits per heavy atom. The van der Waals surface area contributed by atoms with Crippen LogP contribution in [0.25, 0.3) is 6.08 Å². The van der Waals surface area contributed by atoms with Crippen LogP contribution < -0.4 is 10.2 Å². The van der Waals surface area contributed by atoms with Crippen LogP contribution in [0.15, 0.2) is 23.8 Å². The van der Waals surface area contributed by atoms with Crippen molar-refractivity contribution in [2.24, 2.45) is 0 Å². The lowest BCUT2D eigenvalue weighted by Gasteiger charge is -2.23. The second-order valence-corrected chi connectivity index (χ2v) is 6.03. The molecule has 0 unspecified atom stereocenters. The van der Waals surface area contributed by atoms with Crippen LogP contribution in [-0.2, 0) is 9.53 Å². The summed E-state index contributed by atoms with van der Waals surface area (Å²) < 4.78 is 5.29. The first-order valence-electron chi connectivity index (χ1n) is 7.36. The topological polar surface area (TPSA) is 66.6 Å². The Balaban J connectivity index is 1.91. The van der Waals surface area contributed by atoms with E-state index in [9.17, 15) is 4.79 Å². The summed E-state index contributed by atoms with van der Waals surface area (Å²) in [5.74, 6) is -0.383. The fraction of sp³-hybridized carbons (Fsp3) is 0.375. The summed E-state index contributed by atoms with van der Waals surface area (Å²) in [7, 11) is 0. The molecule has 1 aliphatic heterocycles. The Labute approximate surface area is 145 Å². The van der Waals surface area contributed by atoms with Gasteiger partial charge >= 0.3 is 0 Å². The second kappa shape index (κ2) is 8.90.